The molecule has 0 aliphatic heterocycles. The van der Waals surface area contributed by atoms with Crippen molar-refractivity contribution in [2.75, 3.05) is 18.1 Å². The number of nitrogens with one attached hydrogen (secondary N) is 9. The van der Waals surface area contributed by atoms with E-state index in [2.05, 4.69) is 82.4 Å². The number of imidazole rings is 1. The van der Waals surface area contributed by atoms with Crippen LogP contribution in [0.5, 0.6) is 0 Å². The Morgan fingerprint density at radius 2 is 1.16 bits per heavy atom. The highest BCUT2D eigenvalue weighted by Gasteiger charge is 2.35. The third kappa shape index (κ3) is 19.2. The second-order valence-electron chi connectivity index (χ2n) is 16.9. The monoisotopic (exact) mass is 1050 g/mol. The van der Waals surface area contributed by atoms with Gasteiger partial charge in [0.2, 0.25) is 47.3 Å². The van der Waals surface area contributed by atoms with Crippen molar-refractivity contribution < 1.29 is 48.3 Å². The molecule has 0 spiro atoms. The number of para-hydroxylation sites is 1. The van der Waals surface area contributed by atoms with E-state index in [0.717, 1.165) is 10.9 Å². The molecule has 26 heteroatoms. The first-order valence-corrected chi connectivity index (χ1v) is 24.6. The zero-order valence-electron chi connectivity index (χ0n) is 40.1. The number of aliphatic imine (C=N–C) groups is 1. The van der Waals surface area contributed by atoms with Crippen molar-refractivity contribution >= 4 is 95.3 Å². The number of fused-ring (bicyclic) bond motifs is 1. The van der Waals surface area contributed by atoms with Crippen LogP contribution in [0.15, 0.2) is 78.3 Å². The number of rotatable bonds is 31. The van der Waals surface area contributed by atoms with Crippen LogP contribution >= 0.6 is 25.3 Å². The second kappa shape index (κ2) is 29.7. The van der Waals surface area contributed by atoms with Gasteiger partial charge in [-0.15, -0.1) is 0 Å². The van der Waals surface area contributed by atoms with E-state index < -0.39 is 108 Å². The summed E-state index contributed by atoms with van der Waals surface area (Å²) in [5.74, 6) is -8.24. The predicted molar refractivity (Wildman–Crippen MR) is 277 cm³/mol. The molecule has 16 N–H and O–H groups in total. The van der Waals surface area contributed by atoms with Crippen LogP contribution in [0.1, 0.15) is 62.3 Å². The minimum absolute atomic E-state index is 0.0410. The number of aliphatic carboxylic acids is 1. The van der Waals surface area contributed by atoms with Gasteiger partial charge in [-0.1, -0.05) is 55.5 Å². The smallest absolute Gasteiger partial charge is 0.303 e. The quantitative estimate of drug-likeness (QED) is 0.0117. The Balaban J connectivity index is 1.67. The Morgan fingerprint density at radius 1 is 0.630 bits per heavy atom. The number of guanidine groups is 1. The minimum Gasteiger partial charge on any atom is -0.481 e. The van der Waals surface area contributed by atoms with Crippen molar-refractivity contribution in [2.45, 2.75) is 107 Å². The van der Waals surface area contributed by atoms with Crippen molar-refractivity contribution in [1.29, 1.82) is 0 Å². The van der Waals surface area contributed by atoms with E-state index in [-0.39, 0.29) is 62.5 Å². The Bertz CT molecular complexity index is 2540. The van der Waals surface area contributed by atoms with Gasteiger partial charge in [0.1, 0.15) is 42.3 Å². The zero-order chi connectivity index (χ0) is 53.5. The molecule has 0 aliphatic carbocycles. The number of aromatic amines is 2. The average molecular weight is 1050 g/mol. The lowest BCUT2D eigenvalue weighted by Gasteiger charge is -2.28. The van der Waals surface area contributed by atoms with E-state index in [1.54, 1.807) is 49.5 Å². The minimum atomic E-state index is -1.52. The number of hydrogen-bond acceptors (Lipinski definition) is 13. The molecule has 0 aliphatic rings. The summed E-state index contributed by atoms with van der Waals surface area (Å²) < 4.78 is 0. The van der Waals surface area contributed by atoms with E-state index in [0.29, 0.717) is 23.2 Å². The average Bonchev–Trinajstić information content (AvgIpc) is 4.04. The normalized spacial score (nSPS) is 13.8. The summed E-state index contributed by atoms with van der Waals surface area (Å²) in [6, 6.07) is 6.29. The largest absolute Gasteiger partial charge is 0.481 e. The van der Waals surface area contributed by atoms with Gasteiger partial charge in [0.15, 0.2) is 5.96 Å². The third-order valence-electron chi connectivity index (χ3n) is 11.3. The summed E-state index contributed by atoms with van der Waals surface area (Å²) >= 11 is 8.31. The van der Waals surface area contributed by atoms with Crippen LogP contribution in [0.4, 0.5) is 0 Å². The van der Waals surface area contributed by atoms with Gasteiger partial charge in [-0.05, 0) is 42.9 Å². The van der Waals surface area contributed by atoms with E-state index >= 15 is 0 Å². The molecule has 0 radical (unpaired) electrons. The number of nitrogens with two attached hydrogens (primary N) is 3. The molecular weight excluding hydrogens is 985 g/mol. The Morgan fingerprint density at radius 3 is 1.73 bits per heavy atom. The van der Waals surface area contributed by atoms with Crippen LogP contribution in [0.25, 0.3) is 10.9 Å². The molecule has 2 heterocycles. The summed E-state index contributed by atoms with van der Waals surface area (Å²) in [6.07, 6.45) is 3.65. The Labute approximate surface area is 431 Å². The fourth-order valence-corrected chi connectivity index (χ4v) is 7.98. The summed E-state index contributed by atoms with van der Waals surface area (Å²) in [4.78, 5) is 135. The summed E-state index contributed by atoms with van der Waals surface area (Å²) in [5.41, 5.74) is 19.0. The molecule has 394 valence electrons. The Kier molecular flexibility index (Phi) is 23.6. The molecule has 73 heavy (non-hydrogen) atoms. The molecule has 7 atom stereocenters. The Hall–Kier alpha value is -7.61. The highest BCUT2D eigenvalue weighted by molar-refractivity contribution is 7.80. The van der Waals surface area contributed by atoms with Crippen LogP contribution in [-0.2, 0) is 62.4 Å². The first kappa shape index (κ1) is 58.0. The lowest BCUT2D eigenvalue weighted by atomic mass is 10.0. The number of nitrogens with zero attached hydrogens (tertiary/aromatic N) is 2. The fraction of sp³-hybridized carbons (Fsp3) is 0.426. The van der Waals surface area contributed by atoms with Crippen molar-refractivity contribution in [3.63, 3.8) is 0 Å². The number of hydrogen-bond donors (Lipinski definition) is 15. The van der Waals surface area contributed by atoms with Crippen LogP contribution < -0.4 is 54.4 Å². The second-order valence-corrected chi connectivity index (χ2v) is 17.7. The summed E-state index contributed by atoms with van der Waals surface area (Å²) in [7, 11) is 0. The number of H-pyrrole nitrogens is 2. The van der Waals surface area contributed by atoms with Crippen molar-refractivity contribution in [1.82, 2.24) is 52.2 Å². The molecule has 0 fully saturated rings. The lowest BCUT2D eigenvalue weighted by Crippen LogP contribution is -2.61. The predicted octanol–water partition coefficient (Wildman–Crippen LogP) is -1.62. The number of carbonyl (C=O) groups is 9. The zero-order valence-corrected chi connectivity index (χ0v) is 41.9. The van der Waals surface area contributed by atoms with E-state index in [9.17, 15) is 48.3 Å². The molecule has 4 aromatic rings. The number of primary amides is 1. The summed E-state index contributed by atoms with van der Waals surface area (Å²) in [5, 5.41) is 28.5. The number of amides is 8. The van der Waals surface area contributed by atoms with E-state index in [4.69, 9.17) is 17.2 Å². The SMILES string of the molecule is CCCC(=O)N[C@@H](CS)C(=O)N[C@@H](CCC(=O)O)C(=O)N[C@@H](Cc1cnc[nH]1)C(=O)N[C@H](Cc1ccccc1)C(=O)N[C@@H](CCCN=C(N)N)C(=O)N[C@@H](Cc1c[nH]c2ccccc12)C(=O)N[C@@H](CS)C(N)=O. The molecule has 24 nitrogen and oxygen atoms in total. The van der Waals surface area contributed by atoms with Crippen LogP contribution in [0.2, 0.25) is 0 Å². The molecule has 2 aromatic carbocycles. The number of thiol groups is 2. The van der Waals surface area contributed by atoms with Crippen molar-refractivity contribution in [2.24, 2.45) is 22.2 Å². The van der Waals surface area contributed by atoms with Gasteiger partial charge >= 0.3 is 5.97 Å². The maximum absolute atomic E-state index is 14.6. The maximum Gasteiger partial charge on any atom is 0.303 e. The molecule has 4 rings (SSSR count). The first-order chi connectivity index (χ1) is 34.9. The number of carbonyl (C=O) groups excluding carboxylic acids is 8. The molecule has 0 saturated heterocycles. The van der Waals surface area contributed by atoms with Gasteiger partial charge in [-0.3, -0.25) is 48.1 Å². The first-order valence-electron chi connectivity index (χ1n) is 23.4. The standard InChI is InChI=1S/C47H64N14O10S2/c1-2-9-38(62)55-37(24-73)46(71)57-32(15-16-39(63)64)42(67)60-35(20-28-22-51-25-54-28)45(70)58-33(18-26-10-4-3-5-11-26)43(68)56-31(14-8-17-52-47(49)50)41(66)59-34(44(69)61-36(23-72)40(48)65)19-27-21-53-30-13-7-6-12-29(27)30/h3-7,10-13,21-22,25,31-37,53,72-73H,2,8-9,14-20,23-24H2,1H3,(H2,48,65)(H,51,54)(H,55,62)(H,56,68)(H,57,71)(H,58,70)(H,59,66)(H,60,67)(H,61,69)(H,63,64)(H4,49,50,52)/t31-,32-,33+,34-,35-,36-,37-/m0/s1. The van der Waals surface area contributed by atoms with Crippen molar-refractivity contribution in [3.8, 4) is 0 Å². The molecule has 0 saturated carbocycles. The molecule has 0 bridgehead atoms. The van der Waals surface area contributed by atoms with E-state index in [1.807, 2.05) is 18.2 Å². The van der Waals surface area contributed by atoms with Gasteiger partial charge < -0.3 is 69.5 Å². The molecular formula is C47H64N14O10S2. The van der Waals surface area contributed by atoms with Crippen LogP contribution in [0.3, 0.4) is 0 Å². The number of benzene rings is 2. The van der Waals surface area contributed by atoms with Crippen LogP contribution in [-0.4, -0.2) is 140 Å². The highest BCUT2D eigenvalue weighted by atomic mass is 32.1. The van der Waals surface area contributed by atoms with Gasteiger partial charge in [0.25, 0.3) is 0 Å². The third-order valence-corrected chi connectivity index (χ3v) is 12.0. The number of carboxylic acid groups (broad SMARTS) is 1. The van der Waals surface area contributed by atoms with Gasteiger partial charge in [-0.25, -0.2) is 4.98 Å². The number of aromatic nitrogens is 3. The summed E-state index contributed by atoms with van der Waals surface area (Å²) in [6.45, 7) is 1.81. The van der Waals surface area contributed by atoms with Gasteiger partial charge in [-0.2, -0.15) is 25.3 Å². The maximum atomic E-state index is 14.6. The van der Waals surface area contributed by atoms with Gasteiger partial charge in [0, 0.05) is 79.1 Å². The molecule has 2 aromatic heterocycles. The van der Waals surface area contributed by atoms with Crippen molar-refractivity contribution in [3.05, 3.63) is 90.1 Å². The lowest BCUT2D eigenvalue weighted by molar-refractivity contribution is -0.138. The number of carboxylic acids is 1. The van der Waals surface area contributed by atoms with Crippen LogP contribution in [0, 0.1) is 0 Å². The van der Waals surface area contributed by atoms with Gasteiger partial charge in [0.05, 0.1) is 6.33 Å². The topological polar surface area (TPSA) is 393 Å². The van der Waals surface area contributed by atoms with E-state index in [1.165, 1.54) is 12.5 Å². The molecule has 8 amide bonds. The fourth-order valence-electron chi connectivity index (χ4n) is 7.45. The molecule has 0 unspecified atom stereocenters. The highest BCUT2D eigenvalue weighted by Crippen LogP contribution is 2.20.